The van der Waals surface area contributed by atoms with Gasteiger partial charge in [0.05, 0.1) is 34.8 Å². The lowest BCUT2D eigenvalue weighted by Crippen LogP contribution is -2.14. The van der Waals surface area contributed by atoms with Crippen LogP contribution in [-0.4, -0.2) is 29.6 Å². The Morgan fingerprint density at radius 1 is 1.06 bits per heavy atom. The van der Waals surface area contributed by atoms with Gasteiger partial charge in [-0.15, -0.1) is 11.3 Å². The smallest absolute Gasteiger partial charge is 0.330 e. The number of allylic oxidation sites excluding steroid dienone is 1. The van der Waals surface area contributed by atoms with E-state index in [4.69, 9.17) is 21.1 Å². The number of H-pyrrole nitrogens is 1. The molecule has 0 spiro atoms. The van der Waals surface area contributed by atoms with Crippen molar-refractivity contribution in [2.45, 2.75) is 0 Å². The van der Waals surface area contributed by atoms with Crippen molar-refractivity contribution in [2.24, 2.45) is 0 Å². The standard InChI is InChI=1S/C24H19ClN2O4S/c1-30-20-9-7-15(12-21(20)31-2)6-8-19(28)16-4-3-5-17(13-16)27-14-18(26-24(27)29)22-10-11-23(25)32-22/h3-14H,1-2H3,(H,26,29). The number of carbonyl (C=O) groups excluding carboxylic acids is 1. The van der Waals surface area contributed by atoms with E-state index in [1.807, 2.05) is 12.1 Å². The van der Waals surface area contributed by atoms with E-state index in [1.54, 1.807) is 69.0 Å². The number of ketones is 1. The summed E-state index contributed by atoms with van der Waals surface area (Å²) in [5.74, 6) is 1.01. The highest BCUT2D eigenvalue weighted by Crippen LogP contribution is 2.30. The van der Waals surface area contributed by atoms with E-state index in [9.17, 15) is 9.59 Å². The number of rotatable bonds is 7. The lowest BCUT2D eigenvalue weighted by molar-refractivity contribution is 0.104. The van der Waals surface area contributed by atoms with Crippen LogP contribution in [0.4, 0.5) is 0 Å². The topological polar surface area (TPSA) is 73.3 Å². The molecule has 0 saturated carbocycles. The van der Waals surface area contributed by atoms with E-state index in [2.05, 4.69) is 4.98 Å². The van der Waals surface area contributed by atoms with Crippen molar-refractivity contribution in [1.82, 2.24) is 9.55 Å². The molecule has 0 amide bonds. The Labute approximate surface area is 193 Å². The summed E-state index contributed by atoms with van der Waals surface area (Å²) in [5, 5.41) is 0. The molecule has 2 heterocycles. The van der Waals surface area contributed by atoms with Gasteiger partial charge in [0.2, 0.25) is 0 Å². The van der Waals surface area contributed by atoms with Gasteiger partial charge in [0.25, 0.3) is 0 Å². The SMILES string of the molecule is COc1ccc(C=CC(=O)c2cccc(-n3cc(-c4ccc(Cl)s4)[nH]c3=O)c2)cc1OC. The van der Waals surface area contributed by atoms with E-state index in [1.165, 1.54) is 22.0 Å². The van der Waals surface area contributed by atoms with Crippen LogP contribution in [0.2, 0.25) is 4.34 Å². The first-order valence-electron chi connectivity index (χ1n) is 9.61. The Bertz CT molecular complexity index is 1370. The Kier molecular flexibility index (Phi) is 6.30. The van der Waals surface area contributed by atoms with Gasteiger partial charge in [0.15, 0.2) is 17.3 Å². The number of aromatic amines is 1. The Morgan fingerprint density at radius 3 is 2.59 bits per heavy atom. The molecule has 32 heavy (non-hydrogen) atoms. The molecule has 0 radical (unpaired) electrons. The molecule has 4 rings (SSSR count). The largest absolute Gasteiger partial charge is 0.493 e. The zero-order chi connectivity index (χ0) is 22.7. The fourth-order valence-electron chi connectivity index (χ4n) is 3.21. The summed E-state index contributed by atoms with van der Waals surface area (Å²) >= 11 is 7.38. The molecule has 0 atom stereocenters. The Balaban J connectivity index is 1.58. The van der Waals surface area contributed by atoms with Crippen LogP contribution in [0.25, 0.3) is 22.3 Å². The molecule has 4 aromatic rings. The van der Waals surface area contributed by atoms with Gasteiger partial charge in [-0.2, -0.15) is 0 Å². The molecule has 1 N–H and O–H groups in total. The number of thiophene rings is 1. The second-order valence-electron chi connectivity index (χ2n) is 6.81. The molecule has 0 aliphatic heterocycles. The zero-order valence-corrected chi connectivity index (χ0v) is 18.9. The maximum atomic E-state index is 12.7. The second-order valence-corrected chi connectivity index (χ2v) is 8.52. The lowest BCUT2D eigenvalue weighted by Gasteiger charge is -2.07. The average molecular weight is 467 g/mol. The normalized spacial score (nSPS) is 11.1. The van der Waals surface area contributed by atoms with Gasteiger partial charge in [-0.1, -0.05) is 35.9 Å². The molecule has 0 aliphatic rings. The van der Waals surface area contributed by atoms with Crippen molar-refractivity contribution in [3.8, 4) is 27.8 Å². The molecule has 0 saturated heterocycles. The summed E-state index contributed by atoms with van der Waals surface area (Å²) in [5.41, 5.74) is 2.22. The molecule has 2 aromatic carbocycles. The minimum Gasteiger partial charge on any atom is -0.493 e. The predicted molar refractivity (Wildman–Crippen MR) is 128 cm³/mol. The van der Waals surface area contributed by atoms with Gasteiger partial charge >= 0.3 is 5.69 Å². The number of benzene rings is 2. The first-order chi connectivity index (χ1) is 15.5. The fourth-order valence-corrected chi connectivity index (χ4v) is 4.21. The molecular formula is C24H19ClN2O4S. The van der Waals surface area contributed by atoms with Gasteiger partial charge in [-0.25, -0.2) is 4.79 Å². The maximum Gasteiger partial charge on any atom is 0.330 e. The van der Waals surface area contributed by atoms with E-state index in [-0.39, 0.29) is 11.5 Å². The predicted octanol–water partition coefficient (Wildman–Crippen LogP) is 5.46. The van der Waals surface area contributed by atoms with Crippen molar-refractivity contribution >= 4 is 34.8 Å². The molecule has 8 heteroatoms. The molecule has 6 nitrogen and oxygen atoms in total. The number of nitrogens with zero attached hydrogens (tertiary/aromatic N) is 1. The van der Waals surface area contributed by atoms with Crippen LogP contribution in [0.3, 0.4) is 0 Å². The van der Waals surface area contributed by atoms with Gasteiger partial charge < -0.3 is 14.5 Å². The van der Waals surface area contributed by atoms with Crippen molar-refractivity contribution in [3.63, 3.8) is 0 Å². The Hall–Kier alpha value is -3.55. The maximum absolute atomic E-state index is 12.7. The summed E-state index contributed by atoms with van der Waals surface area (Å²) in [6.07, 6.45) is 4.89. The molecule has 162 valence electrons. The van der Waals surface area contributed by atoms with Crippen LogP contribution in [0, 0.1) is 0 Å². The number of hydrogen-bond donors (Lipinski definition) is 1. The second kappa shape index (κ2) is 9.30. The molecule has 0 fully saturated rings. The highest BCUT2D eigenvalue weighted by Gasteiger charge is 2.11. The zero-order valence-electron chi connectivity index (χ0n) is 17.3. The molecule has 0 unspecified atom stereocenters. The highest BCUT2D eigenvalue weighted by atomic mass is 35.5. The number of methoxy groups -OCH3 is 2. The fraction of sp³-hybridized carbons (Fsp3) is 0.0833. The third-order valence-electron chi connectivity index (χ3n) is 4.80. The van der Waals surface area contributed by atoms with Gasteiger partial charge in [0, 0.05) is 11.8 Å². The van der Waals surface area contributed by atoms with Crippen LogP contribution >= 0.6 is 22.9 Å². The first-order valence-corrected chi connectivity index (χ1v) is 10.8. The minimum absolute atomic E-state index is 0.185. The number of halogens is 1. The molecule has 0 aliphatic carbocycles. The summed E-state index contributed by atoms with van der Waals surface area (Å²) in [7, 11) is 3.13. The van der Waals surface area contributed by atoms with Crippen LogP contribution < -0.4 is 15.2 Å². The summed E-state index contributed by atoms with van der Waals surface area (Å²) in [6.45, 7) is 0. The number of ether oxygens (including phenoxy) is 2. The summed E-state index contributed by atoms with van der Waals surface area (Å²) in [6, 6.07) is 15.9. The number of aromatic nitrogens is 2. The molecule has 2 aromatic heterocycles. The van der Waals surface area contributed by atoms with E-state index in [0.717, 1.165) is 10.4 Å². The van der Waals surface area contributed by atoms with E-state index < -0.39 is 0 Å². The minimum atomic E-state index is -0.296. The van der Waals surface area contributed by atoms with Crippen LogP contribution in [0.1, 0.15) is 15.9 Å². The molecule has 0 bridgehead atoms. The van der Waals surface area contributed by atoms with Crippen LogP contribution in [0.5, 0.6) is 11.5 Å². The average Bonchev–Trinajstić information content (AvgIpc) is 3.42. The van der Waals surface area contributed by atoms with Gasteiger partial charge in [0.1, 0.15) is 0 Å². The van der Waals surface area contributed by atoms with E-state index in [0.29, 0.717) is 32.8 Å². The number of carbonyl (C=O) groups is 1. The quantitative estimate of drug-likeness (QED) is 0.290. The third kappa shape index (κ3) is 4.54. The number of imidazole rings is 1. The van der Waals surface area contributed by atoms with Gasteiger partial charge in [-0.3, -0.25) is 9.36 Å². The van der Waals surface area contributed by atoms with Crippen LogP contribution in [0.15, 0.2) is 71.7 Å². The van der Waals surface area contributed by atoms with Crippen molar-refractivity contribution < 1.29 is 14.3 Å². The van der Waals surface area contributed by atoms with Crippen LogP contribution in [-0.2, 0) is 0 Å². The number of nitrogens with one attached hydrogen (secondary N) is 1. The first kappa shape index (κ1) is 21.7. The van der Waals surface area contributed by atoms with Crippen molar-refractivity contribution in [3.05, 3.63) is 92.8 Å². The lowest BCUT2D eigenvalue weighted by atomic mass is 10.1. The number of hydrogen-bond acceptors (Lipinski definition) is 5. The highest BCUT2D eigenvalue weighted by molar-refractivity contribution is 7.19. The third-order valence-corrected chi connectivity index (χ3v) is 6.07. The van der Waals surface area contributed by atoms with E-state index >= 15 is 0 Å². The Morgan fingerprint density at radius 2 is 1.88 bits per heavy atom. The van der Waals surface area contributed by atoms with Crippen molar-refractivity contribution in [2.75, 3.05) is 14.2 Å². The van der Waals surface area contributed by atoms with Crippen molar-refractivity contribution in [1.29, 1.82) is 0 Å². The summed E-state index contributed by atoms with van der Waals surface area (Å²) in [4.78, 5) is 28.9. The molecular weight excluding hydrogens is 448 g/mol. The monoisotopic (exact) mass is 466 g/mol. The van der Waals surface area contributed by atoms with Gasteiger partial charge in [-0.05, 0) is 48.0 Å². The summed E-state index contributed by atoms with van der Waals surface area (Å²) < 4.78 is 12.6.